The molecule has 4 rings (SSSR count). The number of thioether (sulfide) groups is 1. The average molecular weight is 381 g/mol. The summed E-state index contributed by atoms with van der Waals surface area (Å²) in [6, 6.07) is 5.82. The number of nitrogens with zero attached hydrogens (tertiary/aromatic N) is 2. The van der Waals surface area contributed by atoms with Gasteiger partial charge in [0.25, 0.3) is 0 Å². The minimum Gasteiger partial charge on any atom is -0.496 e. The molecular weight excluding hydrogens is 362 g/mol. The van der Waals surface area contributed by atoms with Gasteiger partial charge in [0.15, 0.2) is 11.6 Å². The highest BCUT2D eigenvalue weighted by Crippen LogP contribution is 2.38. The molecule has 7 heteroatoms. The summed E-state index contributed by atoms with van der Waals surface area (Å²) in [5, 5.41) is 0. The van der Waals surface area contributed by atoms with Crippen molar-refractivity contribution in [2.24, 2.45) is 4.99 Å². The predicted octanol–water partition coefficient (Wildman–Crippen LogP) is 3.58. The molecule has 1 aliphatic carbocycles. The topological polar surface area (TPSA) is 84.4 Å². The zero-order valence-electron chi connectivity index (χ0n) is 15.5. The Morgan fingerprint density at radius 3 is 2.74 bits per heavy atom. The summed E-state index contributed by atoms with van der Waals surface area (Å²) < 4.78 is 5.50. The molecule has 6 nitrogen and oxygen atoms in total. The monoisotopic (exact) mass is 381 g/mol. The summed E-state index contributed by atoms with van der Waals surface area (Å²) in [4.78, 5) is 38.5. The third-order valence-corrected chi connectivity index (χ3v) is 5.64. The molecule has 1 aliphatic heterocycles. The number of aromatic nitrogens is 2. The number of dihydropyridines is 1. The maximum atomic E-state index is 12.7. The van der Waals surface area contributed by atoms with Crippen LogP contribution in [0.15, 0.2) is 33.7 Å². The van der Waals surface area contributed by atoms with Gasteiger partial charge in [0, 0.05) is 28.7 Å². The number of nitrogens with one attached hydrogen (secondary N) is 1. The van der Waals surface area contributed by atoms with Crippen LogP contribution in [-0.2, 0) is 4.79 Å². The molecule has 2 aromatic rings. The van der Waals surface area contributed by atoms with Crippen molar-refractivity contribution in [3.63, 3.8) is 0 Å². The van der Waals surface area contributed by atoms with Crippen molar-refractivity contribution in [1.82, 2.24) is 9.97 Å². The first-order chi connectivity index (χ1) is 12.9. The first-order valence-electron chi connectivity index (χ1n) is 8.55. The number of benzene rings is 1. The number of hydrogen-bond acceptors (Lipinski definition) is 6. The van der Waals surface area contributed by atoms with Crippen LogP contribution in [0.1, 0.15) is 36.5 Å². The number of carbonyl (C=O) groups is 2. The lowest BCUT2D eigenvalue weighted by Gasteiger charge is -2.27. The van der Waals surface area contributed by atoms with Crippen LogP contribution in [0.4, 0.5) is 0 Å². The fourth-order valence-electron chi connectivity index (χ4n) is 3.38. The summed E-state index contributed by atoms with van der Waals surface area (Å²) in [6.45, 7) is 3.51. The first kappa shape index (κ1) is 17.7. The van der Waals surface area contributed by atoms with E-state index >= 15 is 0 Å². The summed E-state index contributed by atoms with van der Waals surface area (Å²) in [5.74, 6) is 0.934. The molecule has 0 spiro atoms. The van der Waals surface area contributed by atoms with Crippen molar-refractivity contribution in [2.75, 3.05) is 13.4 Å². The molecule has 0 amide bonds. The maximum Gasteiger partial charge on any atom is 0.187 e. The molecule has 0 fully saturated rings. The summed E-state index contributed by atoms with van der Waals surface area (Å²) >= 11 is 1.62. The van der Waals surface area contributed by atoms with E-state index in [1.165, 1.54) is 0 Å². The number of Topliss-reactive ketones (excluding diaryl/α,β-unsaturated/α-hetero) is 2. The number of aromatic amines is 1. The van der Waals surface area contributed by atoms with Gasteiger partial charge >= 0.3 is 0 Å². The van der Waals surface area contributed by atoms with Gasteiger partial charge in [-0.25, -0.2) is 4.98 Å². The number of carbonyl (C=O) groups excluding carboxylic acids is 2. The molecule has 0 saturated heterocycles. The van der Waals surface area contributed by atoms with E-state index in [-0.39, 0.29) is 18.0 Å². The minimum atomic E-state index is -0.837. The van der Waals surface area contributed by atoms with Crippen LogP contribution in [0.3, 0.4) is 0 Å². The lowest BCUT2D eigenvalue weighted by atomic mass is 9.81. The Morgan fingerprint density at radius 2 is 2.04 bits per heavy atom. The fourth-order valence-corrected chi connectivity index (χ4v) is 3.81. The van der Waals surface area contributed by atoms with Gasteiger partial charge in [0.05, 0.1) is 18.4 Å². The van der Waals surface area contributed by atoms with Gasteiger partial charge < -0.3 is 9.72 Å². The summed E-state index contributed by atoms with van der Waals surface area (Å²) in [6.07, 6.45) is 3.73. The van der Waals surface area contributed by atoms with Crippen molar-refractivity contribution in [1.29, 1.82) is 0 Å². The number of rotatable bonds is 3. The number of aliphatic imine (C=N–C) groups is 1. The molecule has 0 radical (unpaired) electrons. The highest BCUT2D eigenvalue weighted by molar-refractivity contribution is 7.98. The SMILES string of the molecule is COc1cc(SC)ccc1-c1nc2c([nH]1)C1=C(CC2=O)C(=O)C(C)(C)N=C1. The highest BCUT2D eigenvalue weighted by Gasteiger charge is 2.40. The van der Waals surface area contributed by atoms with Gasteiger partial charge in [-0.15, -0.1) is 11.8 Å². The molecule has 27 heavy (non-hydrogen) atoms. The Hall–Kier alpha value is -2.67. The van der Waals surface area contributed by atoms with E-state index in [1.807, 2.05) is 24.5 Å². The van der Waals surface area contributed by atoms with Crippen LogP contribution in [0.5, 0.6) is 5.75 Å². The molecule has 1 aromatic heterocycles. The van der Waals surface area contributed by atoms with Crippen molar-refractivity contribution < 1.29 is 14.3 Å². The smallest absolute Gasteiger partial charge is 0.187 e. The van der Waals surface area contributed by atoms with Crippen LogP contribution in [0, 0.1) is 0 Å². The van der Waals surface area contributed by atoms with E-state index in [2.05, 4.69) is 15.0 Å². The average Bonchev–Trinajstić information content (AvgIpc) is 3.10. The summed E-state index contributed by atoms with van der Waals surface area (Å²) in [7, 11) is 1.60. The lowest BCUT2D eigenvalue weighted by molar-refractivity contribution is -0.119. The molecule has 0 atom stereocenters. The normalized spacial score (nSPS) is 17.8. The fraction of sp³-hybridized carbons (Fsp3) is 0.300. The zero-order chi connectivity index (χ0) is 19.3. The number of methoxy groups -OCH3 is 1. The quantitative estimate of drug-likeness (QED) is 0.822. The molecule has 2 aliphatic rings. The number of fused-ring (bicyclic) bond motifs is 2. The first-order valence-corrected chi connectivity index (χ1v) is 9.77. The van der Waals surface area contributed by atoms with Gasteiger partial charge in [-0.1, -0.05) is 0 Å². The Kier molecular flexibility index (Phi) is 4.07. The van der Waals surface area contributed by atoms with E-state index in [9.17, 15) is 9.59 Å². The van der Waals surface area contributed by atoms with E-state index in [1.54, 1.807) is 38.9 Å². The molecule has 1 N–H and O–H groups in total. The van der Waals surface area contributed by atoms with Gasteiger partial charge in [-0.05, 0) is 38.3 Å². The van der Waals surface area contributed by atoms with Crippen molar-refractivity contribution in [3.8, 4) is 17.1 Å². The predicted molar refractivity (Wildman–Crippen MR) is 106 cm³/mol. The third kappa shape index (κ3) is 2.73. The molecule has 0 saturated carbocycles. The van der Waals surface area contributed by atoms with Crippen LogP contribution < -0.4 is 4.74 Å². The molecule has 138 valence electrons. The van der Waals surface area contributed by atoms with E-state index < -0.39 is 5.54 Å². The number of imidazole rings is 1. The van der Waals surface area contributed by atoms with Crippen molar-refractivity contribution >= 4 is 35.1 Å². The second-order valence-electron chi connectivity index (χ2n) is 7.01. The maximum absolute atomic E-state index is 12.7. The molecule has 0 bridgehead atoms. The second-order valence-corrected chi connectivity index (χ2v) is 7.89. The number of hydrogen-bond donors (Lipinski definition) is 1. The van der Waals surface area contributed by atoms with Gasteiger partial charge in [-0.3, -0.25) is 14.6 Å². The van der Waals surface area contributed by atoms with E-state index in [0.717, 1.165) is 10.5 Å². The van der Waals surface area contributed by atoms with Crippen molar-refractivity contribution in [2.45, 2.75) is 30.7 Å². The van der Waals surface area contributed by atoms with Gasteiger partial charge in [0.2, 0.25) is 0 Å². The number of ether oxygens (including phenoxy) is 1. The van der Waals surface area contributed by atoms with Gasteiger partial charge in [-0.2, -0.15) is 0 Å². The Balaban J connectivity index is 1.86. The van der Waals surface area contributed by atoms with Crippen LogP contribution in [-0.4, -0.2) is 46.7 Å². The molecule has 0 unspecified atom stereocenters. The lowest BCUT2D eigenvalue weighted by Crippen LogP contribution is -2.36. The van der Waals surface area contributed by atoms with Crippen molar-refractivity contribution in [3.05, 3.63) is 35.2 Å². The number of allylic oxidation sites excluding steroid dienone is 1. The Bertz CT molecular complexity index is 1050. The third-order valence-electron chi connectivity index (χ3n) is 4.91. The molecule has 1 aromatic carbocycles. The van der Waals surface area contributed by atoms with E-state index in [4.69, 9.17) is 4.74 Å². The standard InChI is InChI=1S/C20H19N3O3S/c1-20(2)18(25)12-8-14(24)17-16(13(12)9-21-20)22-19(23-17)11-6-5-10(27-4)7-15(11)26-3/h5-7,9H,8H2,1-4H3,(H,22,23). The van der Waals surface area contributed by atoms with E-state index in [0.29, 0.717) is 34.1 Å². The number of H-pyrrole nitrogens is 1. The largest absolute Gasteiger partial charge is 0.496 e. The minimum absolute atomic E-state index is 0.0590. The number of ketones is 2. The highest BCUT2D eigenvalue weighted by atomic mass is 32.2. The van der Waals surface area contributed by atoms with Gasteiger partial charge in [0.1, 0.15) is 22.8 Å². The zero-order valence-corrected chi connectivity index (χ0v) is 16.4. The molecular formula is C20H19N3O3S. The van der Waals surface area contributed by atoms with Crippen LogP contribution in [0.25, 0.3) is 17.0 Å². The summed E-state index contributed by atoms with van der Waals surface area (Å²) in [5.41, 5.74) is 1.99. The van der Waals surface area contributed by atoms with Crippen LogP contribution in [0.2, 0.25) is 0 Å². The second kappa shape index (κ2) is 6.20. The Morgan fingerprint density at radius 1 is 1.26 bits per heavy atom. The van der Waals surface area contributed by atoms with Crippen LogP contribution >= 0.6 is 11.8 Å². The Labute approximate surface area is 161 Å². The molecule has 2 heterocycles.